The second kappa shape index (κ2) is 7.40. The summed E-state index contributed by atoms with van der Waals surface area (Å²) in [6.07, 6.45) is 1.15. The van der Waals surface area contributed by atoms with Crippen molar-refractivity contribution in [1.29, 1.82) is 0 Å². The van der Waals surface area contributed by atoms with E-state index in [1.54, 1.807) is 0 Å². The van der Waals surface area contributed by atoms with Crippen molar-refractivity contribution >= 4 is 15.7 Å². The molecule has 0 heterocycles. The summed E-state index contributed by atoms with van der Waals surface area (Å²) in [7, 11) is -3.22. The molecule has 0 aromatic heterocycles. The van der Waals surface area contributed by atoms with Gasteiger partial charge < -0.3 is 10.2 Å². The van der Waals surface area contributed by atoms with Crippen LogP contribution < -0.4 is 5.32 Å². The first-order valence-corrected chi connectivity index (χ1v) is 8.58. The molecule has 0 fully saturated rings. The average Bonchev–Trinajstić information content (AvgIpc) is 2.42. The first-order chi connectivity index (χ1) is 9.38. The van der Waals surface area contributed by atoms with Crippen molar-refractivity contribution in [3.63, 3.8) is 0 Å². The smallest absolute Gasteiger partial charge is 0.251 e. The van der Waals surface area contributed by atoms with Gasteiger partial charge in [-0.25, -0.2) is 8.42 Å². The van der Waals surface area contributed by atoms with Crippen LogP contribution in [0.4, 0.5) is 0 Å². The van der Waals surface area contributed by atoms with Crippen molar-refractivity contribution in [3.05, 3.63) is 29.8 Å². The Morgan fingerprint density at radius 2 is 1.70 bits per heavy atom. The molecule has 0 atom stereocenters. The maximum Gasteiger partial charge on any atom is 0.251 e. The second-order valence-corrected chi connectivity index (χ2v) is 6.60. The highest BCUT2D eigenvalue weighted by molar-refractivity contribution is 7.90. The lowest BCUT2D eigenvalue weighted by Crippen LogP contribution is -2.34. The summed E-state index contributed by atoms with van der Waals surface area (Å²) in [6.45, 7) is 7.45. The van der Waals surface area contributed by atoms with Gasteiger partial charge in [0.15, 0.2) is 9.84 Å². The molecule has 0 unspecified atom stereocenters. The van der Waals surface area contributed by atoms with Crippen LogP contribution >= 0.6 is 0 Å². The molecule has 0 aliphatic rings. The third-order valence-corrected chi connectivity index (χ3v) is 4.28. The highest BCUT2D eigenvalue weighted by atomic mass is 32.2. The van der Waals surface area contributed by atoms with Gasteiger partial charge in [0, 0.05) is 24.9 Å². The second-order valence-electron chi connectivity index (χ2n) is 4.58. The van der Waals surface area contributed by atoms with Gasteiger partial charge in [0.05, 0.1) is 4.90 Å². The maximum atomic E-state index is 11.9. The molecule has 6 heteroatoms. The number of carbonyl (C=O) groups is 1. The van der Waals surface area contributed by atoms with Crippen LogP contribution in [0.5, 0.6) is 0 Å². The maximum absolute atomic E-state index is 11.9. The third-order valence-electron chi connectivity index (χ3n) is 3.15. The quantitative estimate of drug-likeness (QED) is 0.820. The largest absolute Gasteiger partial charge is 0.351 e. The van der Waals surface area contributed by atoms with E-state index in [-0.39, 0.29) is 10.8 Å². The zero-order chi connectivity index (χ0) is 15.2. The fourth-order valence-corrected chi connectivity index (χ4v) is 2.45. The summed E-state index contributed by atoms with van der Waals surface area (Å²) in [5, 5.41) is 2.83. The van der Waals surface area contributed by atoms with E-state index in [1.165, 1.54) is 24.3 Å². The Labute approximate surface area is 120 Å². The monoisotopic (exact) mass is 298 g/mol. The number of hydrogen-bond donors (Lipinski definition) is 1. The van der Waals surface area contributed by atoms with E-state index in [1.807, 2.05) is 0 Å². The minimum Gasteiger partial charge on any atom is -0.351 e. The first-order valence-electron chi connectivity index (χ1n) is 6.69. The summed E-state index contributed by atoms with van der Waals surface area (Å²) in [5.41, 5.74) is 0.469. The molecular formula is C14H22N2O3S. The fraction of sp³-hybridized carbons (Fsp3) is 0.500. The Morgan fingerprint density at radius 1 is 1.15 bits per heavy atom. The van der Waals surface area contributed by atoms with Gasteiger partial charge >= 0.3 is 0 Å². The number of amides is 1. The topological polar surface area (TPSA) is 66.5 Å². The Morgan fingerprint density at radius 3 is 2.15 bits per heavy atom. The molecule has 1 aromatic rings. The van der Waals surface area contributed by atoms with Gasteiger partial charge in [0.2, 0.25) is 0 Å². The number of nitrogens with zero attached hydrogens (tertiary/aromatic N) is 1. The van der Waals surface area contributed by atoms with Crippen molar-refractivity contribution in [3.8, 4) is 0 Å². The molecule has 1 aromatic carbocycles. The number of benzene rings is 1. The van der Waals surface area contributed by atoms with Crippen LogP contribution in [0.1, 0.15) is 24.2 Å². The molecule has 0 aliphatic carbocycles. The predicted octanol–water partition coefficient (Wildman–Crippen LogP) is 1.16. The Hall–Kier alpha value is -1.40. The first kappa shape index (κ1) is 16.7. The van der Waals surface area contributed by atoms with E-state index in [2.05, 4.69) is 24.1 Å². The number of carbonyl (C=O) groups excluding carboxylic acids is 1. The van der Waals surface area contributed by atoms with Crippen LogP contribution in [-0.2, 0) is 9.84 Å². The molecule has 0 bridgehead atoms. The zero-order valence-corrected chi connectivity index (χ0v) is 13.0. The number of likely N-dealkylation sites (N-methyl/N-ethyl adjacent to an activating group) is 1. The molecular weight excluding hydrogens is 276 g/mol. The highest BCUT2D eigenvalue weighted by Crippen LogP contribution is 2.10. The lowest BCUT2D eigenvalue weighted by molar-refractivity contribution is 0.0949. The van der Waals surface area contributed by atoms with Crippen molar-refractivity contribution in [2.75, 3.05) is 32.4 Å². The molecule has 0 saturated carbocycles. The van der Waals surface area contributed by atoms with E-state index in [9.17, 15) is 13.2 Å². The van der Waals surface area contributed by atoms with Crippen LogP contribution in [0.2, 0.25) is 0 Å². The van der Waals surface area contributed by atoms with Gasteiger partial charge in [0.1, 0.15) is 0 Å². The van der Waals surface area contributed by atoms with E-state index < -0.39 is 9.84 Å². The molecule has 0 saturated heterocycles. The van der Waals surface area contributed by atoms with E-state index in [0.717, 1.165) is 25.9 Å². The van der Waals surface area contributed by atoms with Gasteiger partial charge in [-0.15, -0.1) is 0 Å². The van der Waals surface area contributed by atoms with Crippen LogP contribution in [0.3, 0.4) is 0 Å². The summed E-state index contributed by atoms with van der Waals surface area (Å²) < 4.78 is 22.6. The number of rotatable bonds is 7. The number of sulfone groups is 1. The molecule has 1 amide bonds. The van der Waals surface area contributed by atoms with Crippen LogP contribution in [0, 0.1) is 0 Å². The third kappa shape index (κ3) is 4.94. The Balaban J connectivity index is 2.56. The molecule has 20 heavy (non-hydrogen) atoms. The lowest BCUT2D eigenvalue weighted by atomic mass is 10.2. The van der Waals surface area contributed by atoms with E-state index in [0.29, 0.717) is 12.1 Å². The van der Waals surface area contributed by atoms with E-state index >= 15 is 0 Å². The molecule has 5 nitrogen and oxygen atoms in total. The number of nitrogens with one attached hydrogen (secondary N) is 1. The van der Waals surface area contributed by atoms with Crippen LogP contribution in [0.15, 0.2) is 29.2 Å². The molecule has 1 rings (SSSR count). The van der Waals surface area contributed by atoms with Gasteiger partial charge in [-0.3, -0.25) is 4.79 Å². The average molecular weight is 298 g/mol. The molecule has 0 spiro atoms. The highest BCUT2D eigenvalue weighted by Gasteiger charge is 2.09. The Bertz CT molecular complexity index is 534. The predicted molar refractivity (Wildman–Crippen MR) is 79.7 cm³/mol. The SMILES string of the molecule is CCN(CC)CCNC(=O)c1ccc(S(C)(=O)=O)cc1. The minimum atomic E-state index is -3.22. The molecule has 0 aliphatic heterocycles. The minimum absolute atomic E-state index is 0.183. The van der Waals surface area contributed by atoms with Crippen LogP contribution in [-0.4, -0.2) is 51.7 Å². The van der Waals surface area contributed by atoms with Crippen LogP contribution in [0.25, 0.3) is 0 Å². The van der Waals surface area contributed by atoms with Crippen molar-refractivity contribution in [1.82, 2.24) is 10.2 Å². The van der Waals surface area contributed by atoms with Gasteiger partial charge in [-0.2, -0.15) is 0 Å². The zero-order valence-electron chi connectivity index (χ0n) is 12.2. The fourth-order valence-electron chi connectivity index (χ4n) is 1.82. The molecule has 0 radical (unpaired) electrons. The van der Waals surface area contributed by atoms with Gasteiger partial charge in [0.25, 0.3) is 5.91 Å². The summed E-state index contributed by atoms with van der Waals surface area (Å²) in [6, 6.07) is 5.97. The Kier molecular flexibility index (Phi) is 6.16. The lowest BCUT2D eigenvalue weighted by Gasteiger charge is -2.17. The number of hydrogen-bond acceptors (Lipinski definition) is 4. The van der Waals surface area contributed by atoms with Gasteiger partial charge in [-0.05, 0) is 37.4 Å². The molecule has 1 N–H and O–H groups in total. The van der Waals surface area contributed by atoms with E-state index in [4.69, 9.17) is 0 Å². The summed E-state index contributed by atoms with van der Waals surface area (Å²) in [4.78, 5) is 14.3. The molecule has 112 valence electrons. The summed E-state index contributed by atoms with van der Waals surface area (Å²) in [5.74, 6) is -0.183. The standard InChI is InChI=1S/C14H22N2O3S/c1-4-16(5-2)11-10-15-14(17)12-6-8-13(9-7-12)20(3,18)19/h6-9H,4-5,10-11H2,1-3H3,(H,15,17). The van der Waals surface area contributed by atoms with Gasteiger partial charge in [-0.1, -0.05) is 13.8 Å². The van der Waals surface area contributed by atoms with Crippen molar-refractivity contribution in [2.24, 2.45) is 0 Å². The van der Waals surface area contributed by atoms with Crippen molar-refractivity contribution in [2.45, 2.75) is 18.7 Å². The normalized spacial score (nSPS) is 11.6. The van der Waals surface area contributed by atoms with Crippen molar-refractivity contribution < 1.29 is 13.2 Å². The summed E-state index contributed by atoms with van der Waals surface area (Å²) >= 11 is 0.